The Morgan fingerprint density at radius 3 is 2.38 bits per heavy atom. The predicted octanol–water partition coefficient (Wildman–Crippen LogP) is 2.53. The van der Waals surface area contributed by atoms with E-state index in [1.54, 1.807) is 37.3 Å². The highest BCUT2D eigenvalue weighted by Gasteiger charge is 2.21. The Bertz CT molecular complexity index is 779. The maximum absolute atomic E-state index is 12.4. The van der Waals surface area contributed by atoms with Crippen molar-refractivity contribution in [2.75, 3.05) is 10.3 Å². The van der Waals surface area contributed by atoms with Crippen molar-refractivity contribution < 1.29 is 14.5 Å². The van der Waals surface area contributed by atoms with E-state index < -0.39 is 17.0 Å². The highest BCUT2D eigenvalue weighted by Crippen LogP contribution is 2.24. The van der Waals surface area contributed by atoms with E-state index >= 15 is 0 Å². The SMILES string of the molecule is Cc1cc([N+](=O)[O-])ccc1N(NC(N)=O)C(=O)Nc1ccccc1. The van der Waals surface area contributed by atoms with E-state index in [4.69, 9.17) is 5.73 Å². The summed E-state index contributed by atoms with van der Waals surface area (Å²) in [6, 6.07) is 10.9. The molecule has 0 aliphatic heterocycles. The minimum atomic E-state index is -0.948. The van der Waals surface area contributed by atoms with Crippen LogP contribution in [0.1, 0.15) is 5.56 Å². The molecule has 9 heteroatoms. The van der Waals surface area contributed by atoms with E-state index in [9.17, 15) is 19.7 Å². The fourth-order valence-electron chi connectivity index (χ4n) is 2.04. The maximum atomic E-state index is 12.4. The van der Waals surface area contributed by atoms with Gasteiger partial charge in [0.15, 0.2) is 0 Å². The number of nitrogens with two attached hydrogens (primary N) is 1. The molecule has 0 spiro atoms. The second kappa shape index (κ2) is 7.09. The molecular formula is C15H15N5O4. The summed E-state index contributed by atoms with van der Waals surface area (Å²) in [5, 5.41) is 14.3. The number of benzene rings is 2. The molecule has 2 aromatic carbocycles. The van der Waals surface area contributed by atoms with E-state index in [0.29, 0.717) is 11.3 Å². The minimum absolute atomic E-state index is 0.126. The molecule has 124 valence electrons. The molecular weight excluding hydrogens is 314 g/mol. The lowest BCUT2D eigenvalue weighted by Crippen LogP contribution is -2.50. The van der Waals surface area contributed by atoms with E-state index in [0.717, 1.165) is 5.01 Å². The Kier molecular flexibility index (Phi) is 4.95. The van der Waals surface area contributed by atoms with Gasteiger partial charge in [0, 0.05) is 17.8 Å². The van der Waals surface area contributed by atoms with Crippen LogP contribution in [0.25, 0.3) is 0 Å². The summed E-state index contributed by atoms with van der Waals surface area (Å²) in [6.45, 7) is 1.58. The number of aryl methyl sites for hydroxylation is 1. The number of non-ortho nitro benzene ring substituents is 1. The van der Waals surface area contributed by atoms with Crippen LogP contribution in [0, 0.1) is 17.0 Å². The van der Waals surface area contributed by atoms with E-state index in [1.165, 1.54) is 18.2 Å². The molecule has 0 heterocycles. The van der Waals surface area contributed by atoms with Crippen molar-refractivity contribution in [2.45, 2.75) is 6.92 Å². The molecule has 0 aliphatic carbocycles. The van der Waals surface area contributed by atoms with Crippen molar-refractivity contribution >= 4 is 29.1 Å². The number of nitro benzene ring substituents is 1. The number of hydrazine groups is 1. The number of rotatable bonds is 3. The average molecular weight is 329 g/mol. The molecule has 0 saturated carbocycles. The summed E-state index contributed by atoms with van der Waals surface area (Å²) in [6.07, 6.45) is 0. The molecule has 4 amide bonds. The zero-order valence-corrected chi connectivity index (χ0v) is 12.7. The maximum Gasteiger partial charge on any atom is 0.345 e. The zero-order chi connectivity index (χ0) is 17.7. The lowest BCUT2D eigenvalue weighted by Gasteiger charge is -2.24. The lowest BCUT2D eigenvalue weighted by molar-refractivity contribution is -0.384. The second-order valence-electron chi connectivity index (χ2n) is 4.84. The van der Waals surface area contributed by atoms with Crippen LogP contribution < -0.4 is 21.5 Å². The molecule has 2 aromatic rings. The van der Waals surface area contributed by atoms with Gasteiger partial charge in [0.25, 0.3) is 5.69 Å². The smallest absolute Gasteiger partial charge is 0.345 e. The Hall–Kier alpha value is -3.62. The summed E-state index contributed by atoms with van der Waals surface area (Å²) in [5.41, 5.74) is 8.37. The first-order valence-corrected chi connectivity index (χ1v) is 6.86. The highest BCUT2D eigenvalue weighted by atomic mass is 16.6. The summed E-state index contributed by atoms with van der Waals surface area (Å²) in [7, 11) is 0. The number of hydrogen-bond donors (Lipinski definition) is 3. The van der Waals surface area contributed by atoms with Crippen LogP contribution in [0.5, 0.6) is 0 Å². The van der Waals surface area contributed by atoms with Crippen LogP contribution in [-0.2, 0) is 0 Å². The monoisotopic (exact) mass is 329 g/mol. The number of nitro groups is 1. The van der Waals surface area contributed by atoms with E-state index in [2.05, 4.69) is 10.7 Å². The Morgan fingerprint density at radius 1 is 1.17 bits per heavy atom. The number of primary amides is 1. The Labute approximate surface area is 137 Å². The first-order valence-electron chi connectivity index (χ1n) is 6.86. The normalized spacial score (nSPS) is 9.88. The first kappa shape index (κ1) is 16.7. The molecule has 2 rings (SSSR count). The first-order chi connectivity index (χ1) is 11.4. The van der Waals surface area contributed by atoms with Gasteiger partial charge in [-0.2, -0.15) is 0 Å². The molecule has 4 N–H and O–H groups in total. The van der Waals surface area contributed by atoms with Crippen molar-refractivity contribution in [1.29, 1.82) is 0 Å². The molecule has 0 aliphatic rings. The van der Waals surface area contributed by atoms with Gasteiger partial charge < -0.3 is 11.1 Å². The van der Waals surface area contributed by atoms with Gasteiger partial charge in [-0.1, -0.05) is 18.2 Å². The molecule has 0 radical (unpaired) electrons. The molecule has 0 fully saturated rings. The topological polar surface area (TPSA) is 131 Å². The zero-order valence-electron chi connectivity index (χ0n) is 12.7. The molecule has 0 unspecified atom stereocenters. The van der Waals surface area contributed by atoms with E-state index in [1.807, 2.05) is 0 Å². The number of carbonyl (C=O) groups is 2. The number of amides is 4. The van der Waals surface area contributed by atoms with Gasteiger partial charge in [-0.25, -0.2) is 20.0 Å². The average Bonchev–Trinajstić information content (AvgIpc) is 2.53. The van der Waals surface area contributed by atoms with Crippen molar-refractivity contribution in [3.8, 4) is 0 Å². The molecule has 0 atom stereocenters. The number of anilines is 2. The van der Waals surface area contributed by atoms with Gasteiger partial charge in [-0.05, 0) is 30.7 Å². The fraction of sp³-hybridized carbons (Fsp3) is 0.0667. The van der Waals surface area contributed by atoms with Crippen LogP contribution in [-0.4, -0.2) is 17.0 Å². The van der Waals surface area contributed by atoms with Gasteiger partial charge in [0.05, 0.1) is 10.6 Å². The molecule has 0 aromatic heterocycles. The van der Waals surface area contributed by atoms with Gasteiger partial charge in [0.2, 0.25) is 0 Å². The third-order valence-electron chi connectivity index (χ3n) is 3.08. The van der Waals surface area contributed by atoms with Gasteiger partial charge >= 0.3 is 12.1 Å². The summed E-state index contributed by atoms with van der Waals surface area (Å²) in [5.74, 6) is 0. The Balaban J connectivity index is 2.33. The van der Waals surface area contributed by atoms with Crippen LogP contribution >= 0.6 is 0 Å². The standard InChI is InChI=1S/C15H15N5O4/c1-10-9-12(20(23)24)7-8-13(10)19(18-14(16)21)15(22)17-11-5-3-2-4-6-11/h2-9H,1H3,(H,17,22)(H3,16,18,21). The van der Waals surface area contributed by atoms with Gasteiger partial charge in [-0.3, -0.25) is 10.1 Å². The van der Waals surface area contributed by atoms with Crippen LogP contribution in [0.4, 0.5) is 26.7 Å². The second-order valence-corrected chi connectivity index (χ2v) is 4.84. The van der Waals surface area contributed by atoms with Crippen LogP contribution in [0.3, 0.4) is 0 Å². The third-order valence-corrected chi connectivity index (χ3v) is 3.08. The van der Waals surface area contributed by atoms with Gasteiger partial charge in [0.1, 0.15) is 0 Å². The quantitative estimate of drug-likeness (QED) is 0.590. The summed E-state index contributed by atoms with van der Waals surface area (Å²) in [4.78, 5) is 33.9. The summed E-state index contributed by atoms with van der Waals surface area (Å²) < 4.78 is 0. The van der Waals surface area contributed by atoms with Crippen LogP contribution in [0.15, 0.2) is 48.5 Å². The minimum Gasteiger partial charge on any atom is -0.350 e. The number of hydrogen-bond acceptors (Lipinski definition) is 4. The van der Waals surface area contributed by atoms with Crippen LogP contribution in [0.2, 0.25) is 0 Å². The number of urea groups is 2. The Morgan fingerprint density at radius 2 is 1.83 bits per heavy atom. The fourth-order valence-corrected chi connectivity index (χ4v) is 2.04. The van der Waals surface area contributed by atoms with Crippen molar-refractivity contribution in [2.24, 2.45) is 5.73 Å². The largest absolute Gasteiger partial charge is 0.350 e. The number of nitrogens with one attached hydrogen (secondary N) is 2. The summed E-state index contributed by atoms with van der Waals surface area (Å²) >= 11 is 0. The molecule has 24 heavy (non-hydrogen) atoms. The lowest BCUT2D eigenvalue weighted by atomic mass is 10.1. The van der Waals surface area contributed by atoms with Crippen molar-refractivity contribution in [3.05, 3.63) is 64.2 Å². The predicted molar refractivity (Wildman–Crippen MR) is 88.5 cm³/mol. The highest BCUT2D eigenvalue weighted by molar-refractivity contribution is 6.03. The number of nitrogens with zero attached hydrogens (tertiary/aromatic N) is 2. The molecule has 0 saturated heterocycles. The van der Waals surface area contributed by atoms with Crippen molar-refractivity contribution in [3.63, 3.8) is 0 Å². The van der Waals surface area contributed by atoms with E-state index in [-0.39, 0.29) is 11.4 Å². The molecule has 9 nitrogen and oxygen atoms in total. The number of carbonyl (C=O) groups excluding carboxylic acids is 2. The van der Waals surface area contributed by atoms with Gasteiger partial charge in [-0.15, -0.1) is 0 Å². The third kappa shape index (κ3) is 3.97. The molecule has 0 bridgehead atoms. The number of para-hydroxylation sites is 1. The van der Waals surface area contributed by atoms with Crippen molar-refractivity contribution in [1.82, 2.24) is 5.43 Å².